The molecule has 0 saturated carbocycles. The van der Waals surface area contributed by atoms with Gasteiger partial charge in [0, 0.05) is 15.6 Å². The molecule has 0 radical (unpaired) electrons. The zero-order valence-corrected chi connectivity index (χ0v) is 18.2. The zero-order chi connectivity index (χ0) is 20.6. The Bertz CT molecular complexity index is 1490. The fraction of sp³-hybridized carbons (Fsp3) is 0.0345. The van der Waals surface area contributed by atoms with Crippen molar-refractivity contribution in [2.24, 2.45) is 0 Å². The third-order valence-electron chi connectivity index (χ3n) is 6.77. The number of rotatable bonds is 0. The predicted molar refractivity (Wildman–Crippen MR) is 129 cm³/mol. The molecule has 0 fully saturated rings. The van der Waals surface area contributed by atoms with Crippen molar-refractivity contribution in [3.05, 3.63) is 130 Å². The lowest BCUT2D eigenvalue weighted by Crippen LogP contribution is -2.32. The molecule has 0 unspecified atom stereocenters. The summed E-state index contributed by atoms with van der Waals surface area (Å²) in [5.74, 6) is 1.84. The van der Waals surface area contributed by atoms with Crippen molar-refractivity contribution in [2.75, 3.05) is 0 Å². The maximum absolute atomic E-state index is 6.54. The number of ether oxygens (including phenoxy) is 1. The van der Waals surface area contributed by atoms with E-state index in [0.29, 0.717) is 0 Å². The molecule has 1 aliphatic heterocycles. The fourth-order valence-corrected chi connectivity index (χ4v) is 5.92. The largest absolute Gasteiger partial charge is 0.457 e. The minimum atomic E-state index is -0.413. The van der Waals surface area contributed by atoms with Gasteiger partial charge in [0.15, 0.2) is 0 Å². The van der Waals surface area contributed by atoms with Gasteiger partial charge in [-0.2, -0.15) is 0 Å². The van der Waals surface area contributed by atoms with Crippen molar-refractivity contribution in [2.45, 2.75) is 5.41 Å². The first-order valence-electron chi connectivity index (χ1n) is 10.5. The van der Waals surface area contributed by atoms with E-state index in [1.165, 1.54) is 44.2 Å². The van der Waals surface area contributed by atoms with Crippen molar-refractivity contribution >= 4 is 26.7 Å². The van der Waals surface area contributed by atoms with E-state index in [1.54, 1.807) is 0 Å². The summed E-state index contributed by atoms with van der Waals surface area (Å²) in [4.78, 5) is 0. The van der Waals surface area contributed by atoms with Crippen LogP contribution in [0.2, 0.25) is 0 Å². The average Bonchev–Trinajstić information content (AvgIpc) is 3.10. The van der Waals surface area contributed by atoms with Gasteiger partial charge in [0.1, 0.15) is 11.5 Å². The van der Waals surface area contributed by atoms with Gasteiger partial charge in [0.05, 0.1) is 5.41 Å². The van der Waals surface area contributed by atoms with Crippen LogP contribution in [0.15, 0.2) is 108 Å². The third-order valence-corrected chi connectivity index (χ3v) is 7.26. The fourth-order valence-electron chi connectivity index (χ4n) is 5.56. The van der Waals surface area contributed by atoms with Gasteiger partial charge in [-0.05, 0) is 63.4 Å². The van der Waals surface area contributed by atoms with Gasteiger partial charge < -0.3 is 4.74 Å². The Kier molecular flexibility index (Phi) is 3.40. The monoisotopic (exact) mass is 460 g/mol. The van der Waals surface area contributed by atoms with E-state index < -0.39 is 5.41 Å². The summed E-state index contributed by atoms with van der Waals surface area (Å²) in [5.41, 5.74) is 7.20. The van der Waals surface area contributed by atoms with Gasteiger partial charge >= 0.3 is 0 Å². The maximum Gasteiger partial charge on any atom is 0.132 e. The van der Waals surface area contributed by atoms with Crippen molar-refractivity contribution < 1.29 is 4.74 Å². The molecular formula is C29H17BrO. The van der Waals surface area contributed by atoms with Crippen molar-refractivity contribution in [3.63, 3.8) is 0 Å². The van der Waals surface area contributed by atoms with Crippen LogP contribution >= 0.6 is 15.9 Å². The molecule has 2 aliphatic rings. The minimum absolute atomic E-state index is 0.413. The first-order chi connectivity index (χ1) is 15.3. The number of benzene rings is 5. The SMILES string of the molecule is Brc1ccc2c(c1)C1(c3cc4ccccc4cc3O2)c2ccccc2-c2ccccc21. The molecule has 5 aromatic rings. The lowest BCUT2D eigenvalue weighted by atomic mass is 9.66. The molecule has 5 aromatic carbocycles. The average molecular weight is 461 g/mol. The Morgan fingerprint density at radius 1 is 0.516 bits per heavy atom. The molecule has 0 aromatic heterocycles. The zero-order valence-electron chi connectivity index (χ0n) is 16.6. The van der Waals surface area contributed by atoms with Crippen molar-refractivity contribution in [1.29, 1.82) is 0 Å². The van der Waals surface area contributed by atoms with Crippen LogP contribution in [0.5, 0.6) is 11.5 Å². The predicted octanol–water partition coefficient (Wildman–Crippen LogP) is 8.07. The second-order valence-electron chi connectivity index (χ2n) is 8.28. The third kappa shape index (κ3) is 2.15. The molecule has 2 heteroatoms. The molecule has 0 N–H and O–H groups in total. The van der Waals surface area contributed by atoms with Gasteiger partial charge in [-0.25, -0.2) is 0 Å². The molecule has 7 rings (SSSR count). The topological polar surface area (TPSA) is 9.23 Å². The van der Waals surface area contributed by atoms with Crippen LogP contribution in [0, 0.1) is 0 Å². The quantitative estimate of drug-likeness (QED) is 0.222. The Morgan fingerprint density at radius 2 is 1.10 bits per heavy atom. The highest BCUT2D eigenvalue weighted by Gasteiger charge is 2.51. The summed E-state index contributed by atoms with van der Waals surface area (Å²) in [6, 6.07) is 37.1. The minimum Gasteiger partial charge on any atom is -0.457 e. The van der Waals surface area contributed by atoms with E-state index in [1.807, 2.05) is 0 Å². The lowest BCUT2D eigenvalue weighted by Gasteiger charge is -2.39. The summed E-state index contributed by atoms with van der Waals surface area (Å²) in [6.07, 6.45) is 0. The molecular weight excluding hydrogens is 444 g/mol. The molecule has 0 atom stereocenters. The molecule has 0 bridgehead atoms. The number of hydrogen-bond acceptors (Lipinski definition) is 1. The normalized spacial score (nSPS) is 14.5. The summed E-state index contributed by atoms with van der Waals surface area (Å²) in [6.45, 7) is 0. The van der Waals surface area contributed by atoms with Crippen LogP contribution in [0.25, 0.3) is 21.9 Å². The smallest absolute Gasteiger partial charge is 0.132 e. The number of hydrogen-bond donors (Lipinski definition) is 0. The molecule has 0 saturated heterocycles. The highest BCUT2D eigenvalue weighted by molar-refractivity contribution is 9.10. The Morgan fingerprint density at radius 3 is 1.81 bits per heavy atom. The number of fused-ring (bicyclic) bond motifs is 10. The summed E-state index contributed by atoms with van der Waals surface area (Å²) >= 11 is 3.72. The highest BCUT2D eigenvalue weighted by atomic mass is 79.9. The van der Waals surface area contributed by atoms with E-state index in [4.69, 9.17) is 4.74 Å². The van der Waals surface area contributed by atoms with E-state index in [0.717, 1.165) is 16.0 Å². The molecule has 1 nitrogen and oxygen atoms in total. The lowest BCUT2D eigenvalue weighted by molar-refractivity contribution is 0.437. The highest BCUT2D eigenvalue weighted by Crippen LogP contribution is 2.62. The molecule has 1 aliphatic carbocycles. The molecule has 1 spiro atoms. The standard InChI is InChI=1S/C29H17BrO/c30-20-13-14-27-26(17-20)29(25-15-18-7-1-2-8-19(18)16-28(25)31-27)23-11-5-3-9-21(23)22-10-4-6-12-24(22)29/h1-17H. The second kappa shape index (κ2) is 6.09. The first-order valence-corrected chi connectivity index (χ1v) is 11.3. The summed E-state index contributed by atoms with van der Waals surface area (Å²) in [5, 5.41) is 2.42. The van der Waals surface area contributed by atoms with E-state index in [-0.39, 0.29) is 0 Å². The molecule has 31 heavy (non-hydrogen) atoms. The Labute approximate surface area is 189 Å². The van der Waals surface area contributed by atoms with Gasteiger partial charge in [-0.15, -0.1) is 0 Å². The van der Waals surface area contributed by atoms with Crippen LogP contribution in [0.4, 0.5) is 0 Å². The second-order valence-corrected chi connectivity index (χ2v) is 9.19. The van der Waals surface area contributed by atoms with Gasteiger partial charge in [-0.1, -0.05) is 88.7 Å². The van der Waals surface area contributed by atoms with Crippen molar-refractivity contribution in [3.8, 4) is 22.6 Å². The van der Waals surface area contributed by atoms with Crippen LogP contribution in [-0.2, 0) is 5.41 Å². The summed E-state index contributed by atoms with van der Waals surface area (Å²) in [7, 11) is 0. The molecule has 146 valence electrons. The number of halogens is 1. The molecule has 1 heterocycles. The maximum atomic E-state index is 6.54. The first kappa shape index (κ1) is 17.3. The van der Waals surface area contributed by atoms with E-state index in [2.05, 4.69) is 119 Å². The van der Waals surface area contributed by atoms with Crippen LogP contribution in [0.3, 0.4) is 0 Å². The Balaban J connectivity index is 1.72. The van der Waals surface area contributed by atoms with E-state index in [9.17, 15) is 0 Å². The van der Waals surface area contributed by atoms with Gasteiger partial charge in [0.25, 0.3) is 0 Å². The summed E-state index contributed by atoms with van der Waals surface area (Å²) < 4.78 is 7.59. The Hall–Kier alpha value is -3.36. The van der Waals surface area contributed by atoms with Crippen molar-refractivity contribution in [1.82, 2.24) is 0 Å². The van der Waals surface area contributed by atoms with E-state index >= 15 is 0 Å². The van der Waals surface area contributed by atoms with Crippen LogP contribution in [0.1, 0.15) is 22.3 Å². The van der Waals surface area contributed by atoms with Crippen LogP contribution in [-0.4, -0.2) is 0 Å². The van der Waals surface area contributed by atoms with Gasteiger partial charge in [0.2, 0.25) is 0 Å². The van der Waals surface area contributed by atoms with Crippen LogP contribution < -0.4 is 4.74 Å². The molecule has 0 amide bonds. The van der Waals surface area contributed by atoms with Gasteiger partial charge in [-0.3, -0.25) is 0 Å².